The maximum absolute atomic E-state index is 12.5. The topological polar surface area (TPSA) is 61.4 Å². The Balaban J connectivity index is 1.36. The number of hydrogen-bond acceptors (Lipinski definition) is 4. The van der Waals surface area contributed by atoms with E-state index in [1.165, 1.54) is 0 Å². The molecule has 7 heteroatoms. The van der Waals surface area contributed by atoms with Crippen molar-refractivity contribution >= 4 is 29.1 Å². The number of aromatic nitrogens is 2. The number of benzene rings is 2. The normalized spacial score (nSPS) is 14.0. The fraction of sp³-hybridized carbons (Fsp3) is 0.227. The van der Waals surface area contributed by atoms with Gasteiger partial charge < -0.3 is 15.1 Å². The van der Waals surface area contributed by atoms with Gasteiger partial charge in [0.1, 0.15) is 0 Å². The molecule has 0 bridgehead atoms. The van der Waals surface area contributed by atoms with Crippen LogP contribution in [0.15, 0.2) is 60.7 Å². The van der Waals surface area contributed by atoms with E-state index < -0.39 is 0 Å². The number of nitrogens with one attached hydrogen (secondary N) is 1. The van der Waals surface area contributed by atoms with Crippen molar-refractivity contribution in [3.8, 4) is 11.3 Å². The number of hydrogen-bond donors (Lipinski definition) is 1. The van der Waals surface area contributed by atoms with E-state index in [9.17, 15) is 4.79 Å². The first-order valence-electron chi connectivity index (χ1n) is 9.56. The molecule has 1 saturated heterocycles. The van der Waals surface area contributed by atoms with Gasteiger partial charge in [0, 0.05) is 37.4 Å². The Morgan fingerprint density at radius 3 is 2.45 bits per heavy atom. The van der Waals surface area contributed by atoms with E-state index in [4.69, 9.17) is 11.6 Å². The highest BCUT2D eigenvalue weighted by Gasteiger charge is 2.22. The summed E-state index contributed by atoms with van der Waals surface area (Å²) >= 11 is 6.24. The third-order valence-electron chi connectivity index (χ3n) is 4.96. The van der Waals surface area contributed by atoms with E-state index >= 15 is 0 Å². The molecule has 1 aromatic heterocycles. The first kappa shape index (κ1) is 19.2. The van der Waals surface area contributed by atoms with Crippen LogP contribution in [0.25, 0.3) is 11.3 Å². The lowest BCUT2D eigenvalue weighted by Gasteiger charge is -2.35. The van der Waals surface area contributed by atoms with Crippen molar-refractivity contribution < 1.29 is 4.79 Å². The Labute approximate surface area is 175 Å². The summed E-state index contributed by atoms with van der Waals surface area (Å²) in [5.74, 6) is 0.805. The van der Waals surface area contributed by atoms with E-state index in [0.717, 1.165) is 28.3 Å². The number of urea groups is 1. The third kappa shape index (κ3) is 4.49. The van der Waals surface area contributed by atoms with Gasteiger partial charge in [-0.05, 0) is 42.8 Å². The molecule has 1 aliphatic heterocycles. The van der Waals surface area contributed by atoms with Gasteiger partial charge in [-0.25, -0.2) is 4.79 Å². The monoisotopic (exact) mass is 407 g/mol. The van der Waals surface area contributed by atoms with Crippen LogP contribution in [0.4, 0.5) is 16.3 Å². The molecule has 0 atom stereocenters. The van der Waals surface area contributed by atoms with Crippen molar-refractivity contribution in [3.05, 3.63) is 71.2 Å². The molecule has 1 aliphatic rings. The SMILES string of the molecule is Cc1cccc(NC(=O)N2CCN(c3ccc(-c4ccccc4Cl)nn3)CC2)c1. The second-order valence-corrected chi connectivity index (χ2v) is 7.44. The van der Waals surface area contributed by atoms with E-state index in [-0.39, 0.29) is 6.03 Å². The van der Waals surface area contributed by atoms with Crippen LogP contribution in [0.3, 0.4) is 0 Å². The minimum absolute atomic E-state index is 0.0737. The van der Waals surface area contributed by atoms with Gasteiger partial charge in [0.2, 0.25) is 0 Å². The number of nitrogens with zero attached hydrogens (tertiary/aromatic N) is 4. The highest BCUT2D eigenvalue weighted by Crippen LogP contribution is 2.26. The molecular weight excluding hydrogens is 386 g/mol. The van der Waals surface area contributed by atoms with Gasteiger partial charge in [0.05, 0.1) is 10.7 Å². The van der Waals surface area contributed by atoms with E-state index in [0.29, 0.717) is 31.2 Å². The lowest BCUT2D eigenvalue weighted by atomic mass is 10.1. The molecule has 3 aromatic rings. The van der Waals surface area contributed by atoms with Gasteiger partial charge in [-0.15, -0.1) is 10.2 Å². The Bertz CT molecular complexity index is 1000. The summed E-state index contributed by atoms with van der Waals surface area (Å²) < 4.78 is 0. The van der Waals surface area contributed by atoms with Crippen LogP contribution in [-0.4, -0.2) is 47.3 Å². The summed E-state index contributed by atoms with van der Waals surface area (Å²) in [6.07, 6.45) is 0. The maximum Gasteiger partial charge on any atom is 0.321 e. The average molecular weight is 408 g/mol. The summed E-state index contributed by atoms with van der Waals surface area (Å²) in [5, 5.41) is 12.3. The molecule has 4 rings (SSSR count). The summed E-state index contributed by atoms with van der Waals surface area (Å²) in [5.41, 5.74) is 3.55. The summed E-state index contributed by atoms with van der Waals surface area (Å²) in [4.78, 5) is 16.5. The zero-order valence-electron chi connectivity index (χ0n) is 16.2. The molecule has 6 nitrogen and oxygen atoms in total. The van der Waals surface area contributed by atoms with Crippen LogP contribution in [0.5, 0.6) is 0 Å². The molecule has 0 saturated carbocycles. The molecule has 2 amide bonds. The number of anilines is 2. The Kier molecular flexibility index (Phi) is 5.62. The van der Waals surface area contributed by atoms with Crippen LogP contribution < -0.4 is 10.2 Å². The molecule has 2 heterocycles. The van der Waals surface area contributed by atoms with E-state index in [1.54, 1.807) is 0 Å². The third-order valence-corrected chi connectivity index (χ3v) is 5.29. The van der Waals surface area contributed by atoms with Gasteiger partial charge in [-0.2, -0.15) is 0 Å². The second kappa shape index (κ2) is 8.49. The molecule has 0 radical (unpaired) electrons. The van der Waals surface area contributed by atoms with Crippen molar-refractivity contribution in [1.82, 2.24) is 15.1 Å². The zero-order chi connectivity index (χ0) is 20.2. The molecular formula is C22H22ClN5O. The van der Waals surface area contributed by atoms with Crippen LogP contribution in [-0.2, 0) is 0 Å². The number of piperazine rings is 1. The summed E-state index contributed by atoms with van der Waals surface area (Å²) in [6.45, 7) is 4.69. The van der Waals surface area contributed by atoms with Crippen molar-refractivity contribution in [2.24, 2.45) is 0 Å². The van der Waals surface area contributed by atoms with Crippen LogP contribution in [0.1, 0.15) is 5.56 Å². The molecule has 0 aliphatic carbocycles. The Morgan fingerprint density at radius 2 is 1.76 bits per heavy atom. The average Bonchev–Trinajstić information content (AvgIpc) is 2.74. The molecule has 2 aromatic carbocycles. The van der Waals surface area contributed by atoms with Gasteiger partial charge in [-0.1, -0.05) is 41.9 Å². The molecule has 0 unspecified atom stereocenters. The summed E-state index contributed by atoms with van der Waals surface area (Å²) in [7, 11) is 0. The summed E-state index contributed by atoms with van der Waals surface area (Å²) in [6, 6.07) is 19.2. The molecule has 1 N–H and O–H groups in total. The minimum atomic E-state index is -0.0737. The molecule has 148 valence electrons. The number of carbonyl (C=O) groups is 1. The molecule has 0 spiro atoms. The number of carbonyl (C=O) groups excluding carboxylic acids is 1. The molecule has 1 fully saturated rings. The van der Waals surface area contributed by atoms with E-state index in [1.807, 2.05) is 72.5 Å². The number of halogens is 1. The number of amides is 2. The fourth-order valence-electron chi connectivity index (χ4n) is 3.37. The van der Waals surface area contributed by atoms with Crippen molar-refractivity contribution in [2.45, 2.75) is 6.92 Å². The fourth-order valence-corrected chi connectivity index (χ4v) is 3.60. The second-order valence-electron chi connectivity index (χ2n) is 7.03. The predicted molar refractivity (Wildman–Crippen MR) is 116 cm³/mol. The lowest BCUT2D eigenvalue weighted by molar-refractivity contribution is 0.208. The van der Waals surface area contributed by atoms with Crippen LogP contribution >= 0.6 is 11.6 Å². The van der Waals surface area contributed by atoms with Gasteiger partial charge in [-0.3, -0.25) is 0 Å². The van der Waals surface area contributed by atoms with E-state index in [2.05, 4.69) is 20.4 Å². The standard InChI is InChI=1S/C22H22ClN5O/c1-16-5-4-6-17(15-16)24-22(29)28-13-11-27(12-14-28)21-10-9-20(25-26-21)18-7-2-3-8-19(18)23/h2-10,15H,11-14H2,1H3,(H,24,29). The first-order valence-corrected chi connectivity index (χ1v) is 9.94. The smallest absolute Gasteiger partial charge is 0.321 e. The van der Waals surface area contributed by atoms with Gasteiger partial charge >= 0.3 is 6.03 Å². The quantitative estimate of drug-likeness (QED) is 0.696. The van der Waals surface area contributed by atoms with Gasteiger partial charge in [0.15, 0.2) is 5.82 Å². The Hall–Kier alpha value is -3.12. The number of aryl methyl sites for hydroxylation is 1. The zero-order valence-corrected chi connectivity index (χ0v) is 16.9. The van der Waals surface area contributed by atoms with Crippen molar-refractivity contribution in [2.75, 3.05) is 36.4 Å². The Morgan fingerprint density at radius 1 is 0.966 bits per heavy atom. The first-order chi connectivity index (χ1) is 14.1. The van der Waals surface area contributed by atoms with Crippen LogP contribution in [0, 0.1) is 6.92 Å². The highest BCUT2D eigenvalue weighted by molar-refractivity contribution is 6.33. The highest BCUT2D eigenvalue weighted by atomic mass is 35.5. The molecule has 29 heavy (non-hydrogen) atoms. The maximum atomic E-state index is 12.5. The van der Waals surface area contributed by atoms with Gasteiger partial charge in [0.25, 0.3) is 0 Å². The largest absolute Gasteiger partial charge is 0.352 e. The van der Waals surface area contributed by atoms with Crippen molar-refractivity contribution in [3.63, 3.8) is 0 Å². The lowest BCUT2D eigenvalue weighted by Crippen LogP contribution is -2.50. The predicted octanol–water partition coefficient (Wildman–Crippen LogP) is 4.46. The number of rotatable bonds is 3. The van der Waals surface area contributed by atoms with Crippen molar-refractivity contribution in [1.29, 1.82) is 0 Å². The minimum Gasteiger partial charge on any atom is -0.352 e. The van der Waals surface area contributed by atoms with Crippen LogP contribution in [0.2, 0.25) is 5.02 Å².